The van der Waals surface area contributed by atoms with Gasteiger partial charge in [0.25, 0.3) is 0 Å². The van der Waals surface area contributed by atoms with Crippen LogP contribution in [0.3, 0.4) is 0 Å². The first-order chi connectivity index (χ1) is 14.6. The summed E-state index contributed by atoms with van der Waals surface area (Å²) in [5, 5.41) is 5.22. The standard InChI is InChI=1S/C23H24N4O3/c1-3-5-10-21-24-22-18-8-6-7-9-19(18)26(23(29)27(22)25-21)15-20(28)16-11-13-17(14-12-16)30-4-2/h6-9,11-14H,3-5,10,15H2,1-2H3. The lowest BCUT2D eigenvalue weighted by Gasteiger charge is -2.11. The summed E-state index contributed by atoms with van der Waals surface area (Å²) in [6, 6.07) is 14.4. The van der Waals surface area contributed by atoms with Crippen LogP contribution in [-0.2, 0) is 13.0 Å². The van der Waals surface area contributed by atoms with Gasteiger partial charge in [0, 0.05) is 17.4 Å². The lowest BCUT2D eigenvalue weighted by Crippen LogP contribution is -2.30. The molecule has 30 heavy (non-hydrogen) atoms. The van der Waals surface area contributed by atoms with Crippen molar-refractivity contribution in [3.8, 4) is 5.75 Å². The van der Waals surface area contributed by atoms with Gasteiger partial charge in [-0.25, -0.2) is 9.78 Å². The monoisotopic (exact) mass is 404 g/mol. The Labute approximate surface area is 173 Å². The van der Waals surface area contributed by atoms with Crippen molar-refractivity contribution in [2.45, 2.75) is 39.7 Å². The second kappa shape index (κ2) is 8.49. The number of carbonyl (C=O) groups excluding carboxylic acids is 1. The van der Waals surface area contributed by atoms with E-state index in [9.17, 15) is 9.59 Å². The number of Topliss-reactive ketones (excluding diaryl/α,β-unsaturated/α-hetero) is 1. The van der Waals surface area contributed by atoms with Crippen molar-refractivity contribution < 1.29 is 9.53 Å². The smallest absolute Gasteiger partial charge is 0.351 e. The summed E-state index contributed by atoms with van der Waals surface area (Å²) in [6.45, 7) is 4.50. The number of aryl methyl sites for hydroxylation is 1. The minimum Gasteiger partial charge on any atom is -0.494 e. The molecule has 0 atom stereocenters. The maximum atomic E-state index is 13.2. The number of ether oxygens (including phenoxy) is 1. The molecule has 0 spiro atoms. The second-order valence-electron chi connectivity index (χ2n) is 7.13. The molecule has 0 fully saturated rings. The number of para-hydroxylation sites is 1. The van der Waals surface area contributed by atoms with Crippen molar-refractivity contribution in [2.75, 3.05) is 6.61 Å². The zero-order valence-electron chi connectivity index (χ0n) is 17.2. The van der Waals surface area contributed by atoms with Crippen molar-refractivity contribution in [3.05, 3.63) is 70.4 Å². The molecule has 7 heteroatoms. The Morgan fingerprint density at radius 1 is 1.07 bits per heavy atom. The number of hydrogen-bond acceptors (Lipinski definition) is 5. The molecule has 2 aromatic heterocycles. The highest BCUT2D eigenvalue weighted by atomic mass is 16.5. The Morgan fingerprint density at radius 2 is 1.83 bits per heavy atom. The fourth-order valence-electron chi connectivity index (χ4n) is 3.51. The normalized spacial score (nSPS) is 11.3. The van der Waals surface area contributed by atoms with E-state index in [0.29, 0.717) is 34.9 Å². The molecule has 0 unspecified atom stereocenters. The van der Waals surface area contributed by atoms with Gasteiger partial charge in [-0.15, -0.1) is 5.10 Å². The maximum absolute atomic E-state index is 13.2. The summed E-state index contributed by atoms with van der Waals surface area (Å²) in [5.74, 6) is 1.20. The first-order valence-corrected chi connectivity index (χ1v) is 10.3. The highest BCUT2D eigenvalue weighted by Crippen LogP contribution is 2.18. The summed E-state index contributed by atoms with van der Waals surface area (Å²) in [7, 11) is 0. The fraction of sp³-hybridized carbons (Fsp3) is 0.304. The Bertz CT molecular complexity index is 1260. The highest BCUT2D eigenvalue weighted by Gasteiger charge is 2.17. The van der Waals surface area contributed by atoms with E-state index in [1.165, 1.54) is 9.08 Å². The first kappa shape index (κ1) is 19.8. The van der Waals surface area contributed by atoms with Gasteiger partial charge in [-0.2, -0.15) is 4.52 Å². The van der Waals surface area contributed by atoms with Crippen LogP contribution in [0.1, 0.15) is 42.9 Å². The van der Waals surface area contributed by atoms with Crippen LogP contribution in [-0.4, -0.2) is 31.6 Å². The number of unbranched alkanes of at least 4 members (excludes halogenated alkanes) is 1. The van der Waals surface area contributed by atoms with Crippen molar-refractivity contribution in [1.82, 2.24) is 19.2 Å². The minimum absolute atomic E-state index is 0.0760. The minimum atomic E-state index is -0.363. The zero-order valence-corrected chi connectivity index (χ0v) is 17.2. The molecule has 0 saturated heterocycles. The van der Waals surface area contributed by atoms with Crippen molar-refractivity contribution in [2.24, 2.45) is 0 Å². The molecule has 4 aromatic rings. The third kappa shape index (κ3) is 3.70. The number of hydrogen-bond donors (Lipinski definition) is 0. The fourth-order valence-corrected chi connectivity index (χ4v) is 3.51. The van der Waals surface area contributed by atoms with E-state index < -0.39 is 0 Å². The van der Waals surface area contributed by atoms with Crippen LogP contribution in [0.2, 0.25) is 0 Å². The molecule has 154 valence electrons. The lowest BCUT2D eigenvalue weighted by atomic mass is 10.1. The van der Waals surface area contributed by atoms with Crippen LogP contribution in [0, 0.1) is 0 Å². The zero-order chi connectivity index (χ0) is 21.1. The Kier molecular flexibility index (Phi) is 5.61. The molecule has 0 amide bonds. The van der Waals surface area contributed by atoms with Crippen LogP contribution in [0.5, 0.6) is 5.75 Å². The van der Waals surface area contributed by atoms with Gasteiger partial charge in [-0.05, 0) is 49.7 Å². The molecule has 7 nitrogen and oxygen atoms in total. The first-order valence-electron chi connectivity index (χ1n) is 10.3. The summed E-state index contributed by atoms with van der Waals surface area (Å²) in [6.07, 6.45) is 2.70. The average Bonchev–Trinajstić information content (AvgIpc) is 3.20. The Balaban J connectivity index is 1.76. The largest absolute Gasteiger partial charge is 0.494 e. The highest BCUT2D eigenvalue weighted by molar-refractivity contribution is 5.98. The average molecular weight is 404 g/mol. The van der Waals surface area contributed by atoms with Crippen LogP contribution >= 0.6 is 0 Å². The third-order valence-electron chi connectivity index (χ3n) is 5.04. The number of fused-ring (bicyclic) bond motifs is 3. The van der Waals surface area contributed by atoms with Gasteiger partial charge < -0.3 is 4.74 Å². The van der Waals surface area contributed by atoms with Crippen molar-refractivity contribution in [1.29, 1.82) is 0 Å². The molecule has 2 heterocycles. The molecule has 0 aliphatic rings. The Morgan fingerprint density at radius 3 is 2.57 bits per heavy atom. The van der Waals surface area contributed by atoms with Crippen LogP contribution < -0.4 is 10.4 Å². The lowest BCUT2D eigenvalue weighted by molar-refractivity contribution is 0.0971. The number of ketones is 1. The van der Waals surface area contributed by atoms with Gasteiger partial charge in [0.1, 0.15) is 5.75 Å². The molecule has 4 rings (SSSR count). The van der Waals surface area contributed by atoms with Crippen LogP contribution in [0.25, 0.3) is 16.6 Å². The summed E-state index contributed by atoms with van der Waals surface area (Å²) in [4.78, 5) is 30.7. The van der Waals surface area contributed by atoms with Gasteiger partial charge in [0.15, 0.2) is 17.3 Å². The van der Waals surface area contributed by atoms with Crippen LogP contribution in [0.4, 0.5) is 0 Å². The van der Waals surface area contributed by atoms with Gasteiger partial charge in [0.05, 0.1) is 18.7 Å². The van der Waals surface area contributed by atoms with E-state index in [4.69, 9.17) is 4.74 Å². The molecule has 0 bridgehead atoms. The number of rotatable bonds is 8. The SMILES string of the molecule is CCCCc1nc2c3ccccc3n(CC(=O)c3ccc(OCC)cc3)c(=O)n2n1. The Hall–Kier alpha value is -3.48. The van der Waals surface area contributed by atoms with Crippen LogP contribution in [0.15, 0.2) is 53.3 Å². The molecule has 0 saturated carbocycles. The second-order valence-corrected chi connectivity index (χ2v) is 7.13. The molecule has 0 aliphatic carbocycles. The van der Waals surface area contributed by atoms with Crippen molar-refractivity contribution in [3.63, 3.8) is 0 Å². The summed E-state index contributed by atoms with van der Waals surface area (Å²) in [5.41, 5.74) is 1.37. The topological polar surface area (TPSA) is 78.5 Å². The molecule has 0 aliphatic heterocycles. The molecular formula is C23H24N4O3. The number of nitrogens with zero attached hydrogens (tertiary/aromatic N) is 4. The third-order valence-corrected chi connectivity index (χ3v) is 5.04. The molecule has 0 radical (unpaired) electrons. The number of aromatic nitrogens is 4. The number of benzene rings is 2. The van der Waals surface area contributed by atoms with E-state index >= 15 is 0 Å². The van der Waals surface area contributed by atoms with E-state index in [2.05, 4.69) is 17.0 Å². The van der Waals surface area contributed by atoms with Gasteiger partial charge >= 0.3 is 5.69 Å². The van der Waals surface area contributed by atoms with Gasteiger partial charge in [-0.1, -0.05) is 25.5 Å². The van der Waals surface area contributed by atoms with Gasteiger partial charge in [0.2, 0.25) is 0 Å². The molecular weight excluding hydrogens is 380 g/mol. The van der Waals surface area contributed by atoms with Crippen molar-refractivity contribution >= 4 is 22.3 Å². The van der Waals surface area contributed by atoms with E-state index in [-0.39, 0.29) is 18.0 Å². The number of carbonyl (C=O) groups is 1. The molecule has 2 aromatic carbocycles. The predicted molar refractivity (Wildman–Crippen MR) is 115 cm³/mol. The molecule has 0 N–H and O–H groups in total. The van der Waals surface area contributed by atoms with E-state index in [1.807, 2.05) is 31.2 Å². The summed E-state index contributed by atoms with van der Waals surface area (Å²) < 4.78 is 8.22. The van der Waals surface area contributed by atoms with E-state index in [1.54, 1.807) is 24.3 Å². The van der Waals surface area contributed by atoms with Gasteiger partial charge in [-0.3, -0.25) is 9.36 Å². The van der Waals surface area contributed by atoms with E-state index in [0.717, 1.165) is 24.6 Å². The maximum Gasteiger partial charge on any atom is 0.351 e. The quantitative estimate of drug-likeness (QED) is 0.419. The predicted octanol–water partition coefficient (Wildman–Crippen LogP) is 3.67. The summed E-state index contributed by atoms with van der Waals surface area (Å²) >= 11 is 0.